The number of pyridine rings is 1. The molecule has 1 rings (SSSR count). The Morgan fingerprint density at radius 2 is 2.06 bits per heavy atom. The van der Waals surface area contributed by atoms with Gasteiger partial charge in [0, 0.05) is 37.6 Å². The van der Waals surface area contributed by atoms with Crippen molar-refractivity contribution in [3.05, 3.63) is 18.3 Å². The van der Waals surface area contributed by atoms with Gasteiger partial charge in [-0.3, -0.25) is 0 Å². The van der Waals surface area contributed by atoms with Crippen molar-refractivity contribution in [2.45, 2.75) is 26.3 Å². The first-order chi connectivity index (χ1) is 8.51. The van der Waals surface area contributed by atoms with Crippen LogP contribution in [0.2, 0.25) is 0 Å². The summed E-state index contributed by atoms with van der Waals surface area (Å²) in [6.45, 7) is 5.56. The summed E-state index contributed by atoms with van der Waals surface area (Å²) in [6.07, 6.45) is 2.99. The van der Waals surface area contributed by atoms with Crippen LogP contribution in [-0.2, 0) is 0 Å². The molecule has 0 saturated heterocycles. The van der Waals surface area contributed by atoms with Gasteiger partial charge in [0.25, 0.3) is 0 Å². The van der Waals surface area contributed by atoms with Crippen LogP contribution >= 0.6 is 0 Å². The normalized spacial score (nSPS) is 12.8. The zero-order valence-corrected chi connectivity index (χ0v) is 12.2. The molecule has 0 radical (unpaired) electrons. The van der Waals surface area contributed by atoms with Crippen molar-refractivity contribution in [3.63, 3.8) is 0 Å². The topological polar surface area (TPSA) is 40.2 Å². The molecular weight excluding hydrogens is 224 g/mol. The summed E-state index contributed by atoms with van der Waals surface area (Å²) in [6, 6.07) is 4.53. The number of aromatic nitrogens is 1. The van der Waals surface area contributed by atoms with E-state index in [-0.39, 0.29) is 0 Å². The first kappa shape index (κ1) is 14.8. The molecule has 1 unspecified atom stereocenters. The summed E-state index contributed by atoms with van der Waals surface area (Å²) in [5, 5.41) is 6.66. The fourth-order valence-electron chi connectivity index (χ4n) is 2.08. The molecule has 1 aromatic rings. The maximum atomic E-state index is 4.23. The van der Waals surface area contributed by atoms with E-state index in [0.717, 1.165) is 24.5 Å². The van der Waals surface area contributed by atoms with Gasteiger partial charge in [-0.05, 0) is 32.5 Å². The molecule has 0 aliphatic carbocycles. The molecule has 0 amide bonds. The van der Waals surface area contributed by atoms with E-state index in [2.05, 4.69) is 48.5 Å². The van der Waals surface area contributed by atoms with Crippen molar-refractivity contribution in [1.82, 2.24) is 9.88 Å². The Morgan fingerprint density at radius 1 is 1.33 bits per heavy atom. The Hall–Kier alpha value is -1.29. The smallest absolute Gasteiger partial charge is 0.127 e. The van der Waals surface area contributed by atoms with Gasteiger partial charge in [0.15, 0.2) is 0 Å². The second kappa shape index (κ2) is 7.21. The maximum absolute atomic E-state index is 4.23. The number of hydrogen-bond acceptors (Lipinski definition) is 4. The molecule has 0 aliphatic heterocycles. The lowest BCUT2D eigenvalue weighted by Crippen LogP contribution is -2.33. The van der Waals surface area contributed by atoms with E-state index in [9.17, 15) is 0 Å². The molecule has 102 valence electrons. The fraction of sp³-hybridized carbons (Fsp3) is 0.643. The minimum absolute atomic E-state index is 0.465. The first-order valence-electron chi connectivity index (χ1n) is 6.56. The molecule has 0 saturated carbocycles. The molecule has 0 aromatic carbocycles. The minimum Gasteiger partial charge on any atom is -0.381 e. The van der Waals surface area contributed by atoms with E-state index in [4.69, 9.17) is 0 Å². The van der Waals surface area contributed by atoms with E-state index in [1.54, 1.807) is 0 Å². The standard InChI is InChI=1S/C14H26N4/c1-11(2)8-13(10-18(4)5)17-12-6-7-16-14(9-12)15-3/h6-7,9,11,13H,8,10H2,1-5H3,(H2,15,16,17). The lowest BCUT2D eigenvalue weighted by Gasteiger charge is -2.25. The highest BCUT2D eigenvalue weighted by Crippen LogP contribution is 2.16. The van der Waals surface area contributed by atoms with Gasteiger partial charge in [0.05, 0.1) is 0 Å². The van der Waals surface area contributed by atoms with Crippen molar-refractivity contribution in [2.75, 3.05) is 38.3 Å². The van der Waals surface area contributed by atoms with Crippen molar-refractivity contribution in [2.24, 2.45) is 5.92 Å². The number of rotatable bonds is 7. The molecule has 1 heterocycles. The number of nitrogens with one attached hydrogen (secondary N) is 2. The molecule has 18 heavy (non-hydrogen) atoms. The van der Waals surface area contributed by atoms with Crippen LogP contribution in [0.25, 0.3) is 0 Å². The Kier molecular flexibility index (Phi) is 5.92. The number of anilines is 2. The monoisotopic (exact) mass is 250 g/mol. The highest BCUT2D eigenvalue weighted by atomic mass is 15.1. The van der Waals surface area contributed by atoms with Crippen molar-refractivity contribution >= 4 is 11.5 Å². The van der Waals surface area contributed by atoms with E-state index in [0.29, 0.717) is 12.0 Å². The average molecular weight is 250 g/mol. The molecule has 1 aromatic heterocycles. The van der Waals surface area contributed by atoms with E-state index in [1.165, 1.54) is 0 Å². The highest BCUT2D eigenvalue weighted by Gasteiger charge is 2.12. The highest BCUT2D eigenvalue weighted by molar-refractivity contribution is 5.52. The van der Waals surface area contributed by atoms with Gasteiger partial charge in [-0.25, -0.2) is 4.98 Å². The van der Waals surface area contributed by atoms with Gasteiger partial charge in [0.2, 0.25) is 0 Å². The van der Waals surface area contributed by atoms with Crippen LogP contribution in [-0.4, -0.2) is 43.6 Å². The maximum Gasteiger partial charge on any atom is 0.127 e. The molecule has 0 fully saturated rings. The van der Waals surface area contributed by atoms with Crippen LogP contribution in [0.5, 0.6) is 0 Å². The van der Waals surface area contributed by atoms with Crippen molar-refractivity contribution in [1.29, 1.82) is 0 Å². The third kappa shape index (κ3) is 5.36. The van der Waals surface area contributed by atoms with Gasteiger partial charge in [0.1, 0.15) is 5.82 Å². The molecule has 0 bridgehead atoms. The van der Waals surface area contributed by atoms with E-state index in [1.807, 2.05) is 25.4 Å². The van der Waals surface area contributed by atoms with Crippen LogP contribution in [0, 0.1) is 5.92 Å². The second-order valence-corrected chi connectivity index (χ2v) is 5.41. The zero-order chi connectivity index (χ0) is 13.5. The molecule has 1 atom stereocenters. The summed E-state index contributed by atoms with van der Waals surface area (Å²) in [5.41, 5.74) is 1.13. The first-order valence-corrected chi connectivity index (χ1v) is 6.56. The van der Waals surface area contributed by atoms with Crippen LogP contribution in [0.15, 0.2) is 18.3 Å². The summed E-state index contributed by atoms with van der Waals surface area (Å²) in [4.78, 5) is 6.45. The minimum atomic E-state index is 0.465. The summed E-state index contributed by atoms with van der Waals surface area (Å²) >= 11 is 0. The van der Waals surface area contributed by atoms with Crippen molar-refractivity contribution < 1.29 is 0 Å². The SMILES string of the molecule is CNc1cc(NC(CC(C)C)CN(C)C)ccn1. The number of hydrogen-bond donors (Lipinski definition) is 2. The lowest BCUT2D eigenvalue weighted by atomic mass is 10.0. The van der Waals surface area contributed by atoms with E-state index >= 15 is 0 Å². The molecule has 4 heteroatoms. The van der Waals surface area contributed by atoms with Gasteiger partial charge >= 0.3 is 0 Å². The third-order valence-electron chi connectivity index (χ3n) is 2.73. The summed E-state index contributed by atoms with van der Waals surface area (Å²) in [5.74, 6) is 1.58. The van der Waals surface area contributed by atoms with Crippen LogP contribution < -0.4 is 10.6 Å². The Bertz CT molecular complexity index is 339. The molecule has 0 spiro atoms. The van der Waals surface area contributed by atoms with Gasteiger partial charge < -0.3 is 15.5 Å². The Morgan fingerprint density at radius 3 is 2.61 bits per heavy atom. The van der Waals surface area contributed by atoms with Crippen LogP contribution in [0.4, 0.5) is 11.5 Å². The fourth-order valence-corrected chi connectivity index (χ4v) is 2.08. The number of likely N-dealkylation sites (N-methyl/N-ethyl adjacent to an activating group) is 1. The van der Waals surface area contributed by atoms with E-state index < -0.39 is 0 Å². The van der Waals surface area contributed by atoms with Crippen molar-refractivity contribution in [3.8, 4) is 0 Å². The molecule has 2 N–H and O–H groups in total. The summed E-state index contributed by atoms with van der Waals surface area (Å²) < 4.78 is 0. The third-order valence-corrected chi connectivity index (χ3v) is 2.73. The molecule has 4 nitrogen and oxygen atoms in total. The quantitative estimate of drug-likeness (QED) is 0.780. The predicted octanol–water partition coefficient (Wildman–Crippen LogP) is 2.51. The second-order valence-electron chi connectivity index (χ2n) is 5.41. The van der Waals surface area contributed by atoms with Gasteiger partial charge in [-0.15, -0.1) is 0 Å². The lowest BCUT2D eigenvalue weighted by molar-refractivity contribution is 0.356. The zero-order valence-electron chi connectivity index (χ0n) is 12.2. The average Bonchev–Trinajstić information content (AvgIpc) is 2.27. The Balaban J connectivity index is 2.68. The van der Waals surface area contributed by atoms with Crippen LogP contribution in [0.1, 0.15) is 20.3 Å². The summed E-state index contributed by atoms with van der Waals surface area (Å²) in [7, 11) is 6.11. The molecular formula is C14H26N4. The van der Waals surface area contributed by atoms with Gasteiger partial charge in [-0.1, -0.05) is 13.8 Å². The Labute approximate surface area is 111 Å². The van der Waals surface area contributed by atoms with Gasteiger partial charge in [-0.2, -0.15) is 0 Å². The predicted molar refractivity (Wildman–Crippen MR) is 79.2 cm³/mol. The largest absolute Gasteiger partial charge is 0.381 e. The molecule has 0 aliphatic rings. The number of nitrogens with zero attached hydrogens (tertiary/aromatic N) is 2. The van der Waals surface area contributed by atoms with Crippen LogP contribution in [0.3, 0.4) is 0 Å².